The summed E-state index contributed by atoms with van der Waals surface area (Å²) in [6.45, 7) is 1.27. The van der Waals surface area contributed by atoms with Crippen LogP contribution in [-0.4, -0.2) is 11.5 Å². The number of hydrogen-bond donors (Lipinski definition) is 0. The van der Waals surface area contributed by atoms with Crippen LogP contribution in [0.25, 0.3) is 0 Å². The van der Waals surface area contributed by atoms with E-state index in [1.165, 1.54) is 6.92 Å². The van der Waals surface area contributed by atoms with E-state index in [2.05, 4.69) is 25.7 Å². The van der Waals surface area contributed by atoms with Crippen LogP contribution in [0.3, 0.4) is 0 Å². The fourth-order valence-electron chi connectivity index (χ4n) is 0.105. The van der Waals surface area contributed by atoms with Gasteiger partial charge in [-0.3, -0.25) is 4.89 Å². The summed E-state index contributed by atoms with van der Waals surface area (Å²) in [4.78, 5) is 18.0. The first-order chi connectivity index (χ1) is 3.27. The standard InChI is InChI=1S/C3H5BrO3/c1-3(5)7-6-2-4/h2H2,1H3. The number of halogens is 1. The van der Waals surface area contributed by atoms with E-state index in [0.29, 0.717) is 0 Å². The third kappa shape index (κ3) is 5.91. The molecule has 0 N–H and O–H groups in total. The maximum absolute atomic E-state index is 9.83. The van der Waals surface area contributed by atoms with Gasteiger partial charge in [-0.1, -0.05) is 15.9 Å². The number of alkyl halides is 1. The van der Waals surface area contributed by atoms with Crippen molar-refractivity contribution in [1.29, 1.82) is 0 Å². The Morgan fingerprint density at radius 1 is 1.86 bits per heavy atom. The van der Waals surface area contributed by atoms with E-state index in [1.807, 2.05) is 0 Å². The van der Waals surface area contributed by atoms with Crippen LogP contribution in [0.4, 0.5) is 0 Å². The topological polar surface area (TPSA) is 35.5 Å². The molecule has 7 heavy (non-hydrogen) atoms. The molecule has 4 heteroatoms. The zero-order valence-corrected chi connectivity index (χ0v) is 5.40. The van der Waals surface area contributed by atoms with Crippen molar-refractivity contribution >= 4 is 21.9 Å². The van der Waals surface area contributed by atoms with E-state index in [1.54, 1.807) is 0 Å². The van der Waals surface area contributed by atoms with Crippen molar-refractivity contribution in [2.75, 3.05) is 5.52 Å². The second-order valence-electron chi connectivity index (χ2n) is 0.802. The Bertz CT molecular complexity index is 63.2. The van der Waals surface area contributed by atoms with Gasteiger partial charge < -0.3 is 0 Å². The molecule has 0 amide bonds. The molecule has 0 spiro atoms. The molecule has 0 saturated heterocycles. The lowest BCUT2D eigenvalue weighted by molar-refractivity contribution is -0.256. The molecule has 0 aliphatic rings. The molecule has 0 saturated carbocycles. The van der Waals surface area contributed by atoms with Crippen molar-refractivity contribution in [1.82, 2.24) is 0 Å². The van der Waals surface area contributed by atoms with Gasteiger partial charge in [0.25, 0.3) is 0 Å². The minimum Gasteiger partial charge on any atom is -0.298 e. The first-order valence-corrected chi connectivity index (χ1v) is 2.75. The molecule has 0 unspecified atom stereocenters. The van der Waals surface area contributed by atoms with Gasteiger partial charge in [0.2, 0.25) is 0 Å². The maximum Gasteiger partial charge on any atom is 0.339 e. The Hall–Kier alpha value is -0.0900. The lowest BCUT2D eigenvalue weighted by Gasteiger charge is -1.91. The summed E-state index contributed by atoms with van der Waals surface area (Å²) < 4.78 is 0. The molecule has 0 aliphatic heterocycles. The molecule has 0 aromatic carbocycles. The summed E-state index contributed by atoms with van der Waals surface area (Å²) in [5.74, 6) is -0.445. The number of rotatable bonds is 2. The van der Waals surface area contributed by atoms with Crippen LogP contribution in [0, 0.1) is 0 Å². The van der Waals surface area contributed by atoms with E-state index in [9.17, 15) is 4.79 Å². The van der Waals surface area contributed by atoms with Gasteiger partial charge in [0.15, 0.2) is 0 Å². The van der Waals surface area contributed by atoms with E-state index < -0.39 is 5.97 Å². The second kappa shape index (κ2) is 4.08. The molecule has 0 aliphatic carbocycles. The first-order valence-electron chi connectivity index (χ1n) is 1.63. The normalized spacial score (nSPS) is 8.29. The third-order valence-corrected chi connectivity index (χ3v) is 0.408. The van der Waals surface area contributed by atoms with E-state index in [4.69, 9.17) is 0 Å². The Labute approximate surface area is 49.7 Å². The van der Waals surface area contributed by atoms with Crippen molar-refractivity contribution in [2.45, 2.75) is 6.92 Å². The van der Waals surface area contributed by atoms with Crippen LogP contribution in [-0.2, 0) is 14.6 Å². The van der Waals surface area contributed by atoms with Crippen LogP contribution in [0.2, 0.25) is 0 Å². The fourth-order valence-corrected chi connectivity index (χ4v) is 0.199. The number of carbonyl (C=O) groups excluding carboxylic acids is 1. The molecule has 0 aromatic rings. The summed E-state index contributed by atoms with van der Waals surface area (Å²) in [6, 6.07) is 0. The molecule has 0 aromatic heterocycles. The van der Waals surface area contributed by atoms with Crippen LogP contribution in [0.1, 0.15) is 6.92 Å². The SMILES string of the molecule is CC(=O)OOCBr. The Morgan fingerprint density at radius 2 is 2.43 bits per heavy atom. The van der Waals surface area contributed by atoms with Crippen LogP contribution in [0.5, 0.6) is 0 Å². The zero-order chi connectivity index (χ0) is 5.70. The minimum atomic E-state index is -0.445. The minimum absolute atomic E-state index is 0.215. The quantitative estimate of drug-likeness (QED) is 0.349. The molecule has 0 radical (unpaired) electrons. The lowest BCUT2D eigenvalue weighted by atomic mass is 10.8. The molecule has 0 bridgehead atoms. The molecule has 3 nitrogen and oxygen atoms in total. The predicted molar refractivity (Wildman–Crippen MR) is 26.6 cm³/mol. The highest BCUT2D eigenvalue weighted by molar-refractivity contribution is 9.09. The predicted octanol–water partition coefficient (Wildman–Crippen LogP) is 0.834. The number of carbonyl (C=O) groups is 1. The monoisotopic (exact) mass is 168 g/mol. The van der Waals surface area contributed by atoms with Crippen LogP contribution < -0.4 is 0 Å². The maximum atomic E-state index is 9.83. The van der Waals surface area contributed by atoms with Gasteiger partial charge >= 0.3 is 5.97 Å². The Morgan fingerprint density at radius 3 is 2.57 bits per heavy atom. The number of hydrogen-bond acceptors (Lipinski definition) is 3. The molecular weight excluding hydrogens is 164 g/mol. The molecular formula is C3H5BrO3. The van der Waals surface area contributed by atoms with Crippen molar-refractivity contribution in [3.05, 3.63) is 0 Å². The van der Waals surface area contributed by atoms with Gasteiger partial charge in [0, 0.05) is 6.92 Å². The molecule has 0 fully saturated rings. The highest BCUT2D eigenvalue weighted by atomic mass is 79.9. The van der Waals surface area contributed by atoms with Gasteiger partial charge in [-0.05, 0) is 0 Å². The van der Waals surface area contributed by atoms with Crippen LogP contribution in [0.15, 0.2) is 0 Å². The lowest BCUT2D eigenvalue weighted by Crippen LogP contribution is -1.97. The molecule has 0 rings (SSSR count). The summed E-state index contributed by atoms with van der Waals surface area (Å²) in [6.07, 6.45) is 0. The highest BCUT2D eigenvalue weighted by Crippen LogP contribution is 1.83. The average molecular weight is 169 g/mol. The summed E-state index contributed by atoms with van der Waals surface area (Å²) in [5, 5.41) is 0. The van der Waals surface area contributed by atoms with Gasteiger partial charge in [-0.25, -0.2) is 4.79 Å². The Balaban J connectivity index is 2.82. The summed E-state index contributed by atoms with van der Waals surface area (Å²) >= 11 is 2.88. The smallest absolute Gasteiger partial charge is 0.298 e. The summed E-state index contributed by atoms with van der Waals surface area (Å²) in [7, 11) is 0. The van der Waals surface area contributed by atoms with Crippen LogP contribution >= 0.6 is 15.9 Å². The van der Waals surface area contributed by atoms with Gasteiger partial charge in [0.05, 0.1) is 0 Å². The summed E-state index contributed by atoms with van der Waals surface area (Å²) in [5.41, 5.74) is 0.215. The van der Waals surface area contributed by atoms with Crippen molar-refractivity contribution in [3.8, 4) is 0 Å². The van der Waals surface area contributed by atoms with E-state index in [0.717, 1.165) is 0 Å². The highest BCUT2D eigenvalue weighted by Gasteiger charge is 1.87. The molecule has 0 atom stereocenters. The van der Waals surface area contributed by atoms with Crippen molar-refractivity contribution in [2.24, 2.45) is 0 Å². The van der Waals surface area contributed by atoms with Gasteiger partial charge in [0.1, 0.15) is 5.52 Å². The van der Waals surface area contributed by atoms with E-state index >= 15 is 0 Å². The molecule has 42 valence electrons. The van der Waals surface area contributed by atoms with Crippen molar-refractivity contribution in [3.63, 3.8) is 0 Å². The Kier molecular flexibility index (Phi) is 4.03. The fraction of sp³-hybridized carbons (Fsp3) is 0.667. The third-order valence-electron chi connectivity index (χ3n) is 0.221. The first kappa shape index (κ1) is 6.91. The zero-order valence-electron chi connectivity index (χ0n) is 3.81. The van der Waals surface area contributed by atoms with Gasteiger partial charge in [-0.15, -0.1) is 0 Å². The van der Waals surface area contributed by atoms with Gasteiger partial charge in [-0.2, -0.15) is 4.89 Å². The average Bonchev–Trinajstić information content (AvgIpc) is 1.61. The molecule has 0 heterocycles. The van der Waals surface area contributed by atoms with Crippen molar-refractivity contribution < 1.29 is 14.6 Å². The van der Waals surface area contributed by atoms with E-state index in [-0.39, 0.29) is 5.52 Å². The second-order valence-corrected chi connectivity index (χ2v) is 1.26. The largest absolute Gasteiger partial charge is 0.339 e.